The summed E-state index contributed by atoms with van der Waals surface area (Å²) in [6.07, 6.45) is 0.417. The number of β-amino-alcohol motifs (C(OH)–C–C–N with tert-alkyl or cyclic N) is 1. The molecule has 1 atom stereocenters. The van der Waals surface area contributed by atoms with Gasteiger partial charge in [-0.15, -0.1) is 0 Å². The molecule has 25 heavy (non-hydrogen) atoms. The molecule has 7 nitrogen and oxygen atoms in total. The first-order chi connectivity index (χ1) is 11.9. The van der Waals surface area contributed by atoms with E-state index in [4.69, 9.17) is 4.74 Å². The van der Waals surface area contributed by atoms with Gasteiger partial charge in [0.25, 0.3) is 0 Å². The van der Waals surface area contributed by atoms with Crippen molar-refractivity contribution in [2.24, 2.45) is 0 Å². The Balaban J connectivity index is 1.94. The number of carbonyl (C=O) groups is 2. The van der Waals surface area contributed by atoms with E-state index in [1.54, 1.807) is 23.1 Å². The van der Waals surface area contributed by atoms with Gasteiger partial charge in [0.1, 0.15) is 0 Å². The SMILES string of the molecule is CC[C@H](O)CN1CCN(C(=O)Nc2cc(C(=O)OC)ccc2C)CC1. The number of rotatable bonds is 5. The highest BCUT2D eigenvalue weighted by Crippen LogP contribution is 2.18. The molecule has 0 radical (unpaired) electrons. The zero-order valence-electron chi connectivity index (χ0n) is 15.1. The molecular weight excluding hydrogens is 322 g/mol. The summed E-state index contributed by atoms with van der Waals surface area (Å²) in [6.45, 7) is 7.18. The molecule has 1 saturated heterocycles. The number of nitrogens with one attached hydrogen (secondary N) is 1. The van der Waals surface area contributed by atoms with Gasteiger partial charge in [0.05, 0.1) is 18.8 Å². The molecule has 2 rings (SSSR count). The van der Waals surface area contributed by atoms with Gasteiger partial charge in [0.15, 0.2) is 0 Å². The van der Waals surface area contributed by atoms with E-state index in [0.29, 0.717) is 30.9 Å². The highest BCUT2D eigenvalue weighted by Gasteiger charge is 2.22. The summed E-state index contributed by atoms with van der Waals surface area (Å²) < 4.78 is 4.72. The van der Waals surface area contributed by atoms with Crippen LogP contribution in [0.4, 0.5) is 10.5 Å². The minimum atomic E-state index is -0.432. The van der Waals surface area contributed by atoms with Crippen LogP contribution in [-0.2, 0) is 4.74 Å². The minimum Gasteiger partial charge on any atom is -0.465 e. The molecule has 1 aliphatic rings. The van der Waals surface area contributed by atoms with Gasteiger partial charge >= 0.3 is 12.0 Å². The fourth-order valence-corrected chi connectivity index (χ4v) is 2.76. The summed E-state index contributed by atoms with van der Waals surface area (Å²) in [5, 5.41) is 12.6. The first kappa shape index (κ1) is 19.2. The van der Waals surface area contributed by atoms with Gasteiger partial charge in [0.2, 0.25) is 0 Å². The molecule has 1 aliphatic heterocycles. The number of hydrogen-bond donors (Lipinski definition) is 2. The van der Waals surface area contributed by atoms with Gasteiger partial charge < -0.3 is 20.1 Å². The molecular formula is C18H27N3O4. The zero-order chi connectivity index (χ0) is 18.4. The molecule has 0 aliphatic carbocycles. The lowest BCUT2D eigenvalue weighted by Gasteiger charge is -2.35. The first-order valence-corrected chi connectivity index (χ1v) is 8.60. The molecule has 0 unspecified atom stereocenters. The number of aliphatic hydroxyl groups excluding tert-OH is 1. The lowest BCUT2D eigenvalue weighted by molar-refractivity contribution is 0.0600. The van der Waals surface area contributed by atoms with Crippen LogP contribution in [-0.4, -0.2) is 72.8 Å². The Morgan fingerprint density at radius 2 is 1.96 bits per heavy atom. The third kappa shape index (κ3) is 5.17. The van der Waals surface area contributed by atoms with Crippen LogP contribution in [0, 0.1) is 6.92 Å². The number of esters is 1. The van der Waals surface area contributed by atoms with E-state index in [1.165, 1.54) is 7.11 Å². The summed E-state index contributed by atoms with van der Waals surface area (Å²) >= 11 is 0. The number of anilines is 1. The van der Waals surface area contributed by atoms with Gasteiger partial charge in [-0.2, -0.15) is 0 Å². The van der Waals surface area contributed by atoms with Crippen molar-refractivity contribution >= 4 is 17.7 Å². The van der Waals surface area contributed by atoms with Crippen LogP contribution in [0.5, 0.6) is 0 Å². The van der Waals surface area contributed by atoms with Crippen molar-refractivity contribution < 1.29 is 19.4 Å². The third-order valence-electron chi connectivity index (χ3n) is 4.50. The lowest BCUT2D eigenvalue weighted by Crippen LogP contribution is -2.51. The number of aliphatic hydroxyl groups is 1. The predicted octanol–water partition coefficient (Wildman–Crippen LogP) is 1.70. The second kappa shape index (κ2) is 8.82. The van der Waals surface area contributed by atoms with Crippen molar-refractivity contribution in [2.75, 3.05) is 45.2 Å². The molecule has 0 aromatic heterocycles. The van der Waals surface area contributed by atoms with E-state index in [-0.39, 0.29) is 12.1 Å². The molecule has 1 heterocycles. The molecule has 0 saturated carbocycles. The maximum Gasteiger partial charge on any atom is 0.337 e. The maximum atomic E-state index is 12.5. The molecule has 1 aromatic carbocycles. The van der Waals surface area contributed by atoms with Crippen molar-refractivity contribution in [1.29, 1.82) is 0 Å². The van der Waals surface area contributed by atoms with Crippen LogP contribution >= 0.6 is 0 Å². The van der Waals surface area contributed by atoms with Crippen molar-refractivity contribution in [1.82, 2.24) is 9.80 Å². The Labute approximate surface area is 148 Å². The highest BCUT2D eigenvalue weighted by molar-refractivity contribution is 5.94. The molecule has 7 heteroatoms. The first-order valence-electron chi connectivity index (χ1n) is 8.60. The normalized spacial score (nSPS) is 16.4. The second-order valence-electron chi connectivity index (χ2n) is 6.30. The summed E-state index contributed by atoms with van der Waals surface area (Å²) in [6, 6.07) is 4.91. The number of nitrogens with zero attached hydrogens (tertiary/aromatic N) is 2. The van der Waals surface area contributed by atoms with Gasteiger partial charge in [-0.05, 0) is 31.0 Å². The van der Waals surface area contributed by atoms with E-state index in [0.717, 1.165) is 25.1 Å². The Hall–Kier alpha value is -2.12. The van der Waals surface area contributed by atoms with Gasteiger partial charge in [-0.1, -0.05) is 13.0 Å². The van der Waals surface area contributed by atoms with E-state index in [9.17, 15) is 14.7 Å². The van der Waals surface area contributed by atoms with E-state index in [2.05, 4.69) is 10.2 Å². The van der Waals surface area contributed by atoms with E-state index in [1.807, 2.05) is 13.8 Å². The molecule has 0 bridgehead atoms. The molecule has 2 amide bonds. The molecule has 1 fully saturated rings. The van der Waals surface area contributed by atoms with Crippen LogP contribution < -0.4 is 5.32 Å². The number of benzene rings is 1. The smallest absolute Gasteiger partial charge is 0.337 e. The van der Waals surface area contributed by atoms with Crippen LogP contribution in [0.1, 0.15) is 29.3 Å². The van der Waals surface area contributed by atoms with E-state index < -0.39 is 5.97 Å². The van der Waals surface area contributed by atoms with Crippen LogP contribution in [0.2, 0.25) is 0 Å². The average Bonchev–Trinajstić information content (AvgIpc) is 2.63. The number of hydrogen-bond acceptors (Lipinski definition) is 5. The van der Waals surface area contributed by atoms with Crippen LogP contribution in [0.3, 0.4) is 0 Å². The van der Waals surface area contributed by atoms with Crippen LogP contribution in [0.25, 0.3) is 0 Å². The fourth-order valence-electron chi connectivity index (χ4n) is 2.76. The number of urea groups is 1. The fraction of sp³-hybridized carbons (Fsp3) is 0.556. The molecule has 0 spiro atoms. The monoisotopic (exact) mass is 349 g/mol. The van der Waals surface area contributed by atoms with Crippen LogP contribution in [0.15, 0.2) is 18.2 Å². The number of amides is 2. The highest BCUT2D eigenvalue weighted by atomic mass is 16.5. The molecule has 2 N–H and O–H groups in total. The minimum absolute atomic E-state index is 0.180. The number of ether oxygens (including phenoxy) is 1. The molecule has 138 valence electrons. The van der Waals surface area contributed by atoms with Crippen molar-refractivity contribution in [3.8, 4) is 0 Å². The Morgan fingerprint density at radius 3 is 2.56 bits per heavy atom. The summed E-state index contributed by atoms with van der Waals surface area (Å²) in [5.74, 6) is -0.432. The summed E-state index contributed by atoms with van der Waals surface area (Å²) in [7, 11) is 1.33. The molecule has 1 aromatic rings. The quantitative estimate of drug-likeness (QED) is 0.791. The Bertz CT molecular complexity index is 612. The Morgan fingerprint density at radius 1 is 1.28 bits per heavy atom. The predicted molar refractivity (Wildman–Crippen MR) is 95.8 cm³/mol. The van der Waals surface area contributed by atoms with Crippen molar-refractivity contribution in [3.05, 3.63) is 29.3 Å². The number of aryl methyl sites for hydroxylation is 1. The second-order valence-corrected chi connectivity index (χ2v) is 6.30. The van der Waals surface area contributed by atoms with Gasteiger partial charge in [0, 0.05) is 38.4 Å². The lowest BCUT2D eigenvalue weighted by atomic mass is 10.1. The number of piperazine rings is 1. The zero-order valence-corrected chi connectivity index (χ0v) is 15.1. The number of carbonyl (C=O) groups excluding carboxylic acids is 2. The van der Waals surface area contributed by atoms with Crippen molar-refractivity contribution in [2.45, 2.75) is 26.4 Å². The number of methoxy groups -OCH3 is 1. The standard InChI is InChI=1S/C18H27N3O4/c1-4-15(22)12-20-7-9-21(10-8-20)18(24)19-16-11-14(17(23)25-3)6-5-13(16)2/h5-6,11,15,22H,4,7-10,12H2,1-3H3,(H,19,24)/t15-/m0/s1. The van der Waals surface area contributed by atoms with Gasteiger partial charge in [-0.3, -0.25) is 4.90 Å². The maximum absolute atomic E-state index is 12.5. The Kier molecular flexibility index (Phi) is 6.78. The van der Waals surface area contributed by atoms with Gasteiger partial charge in [-0.25, -0.2) is 9.59 Å². The third-order valence-corrected chi connectivity index (χ3v) is 4.50. The largest absolute Gasteiger partial charge is 0.465 e. The van der Waals surface area contributed by atoms with Crippen molar-refractivity contribution in [3.63, 3.8) is 0 Å². The topological polar surface area (TPSA) is 82.1 Å². The van der Waals surface area contributed by atoms with E-state index >= 15 is 0 Å². The average molecular weight is 349 g/mol. The summed E-state index contributed by atoms with van der Waals surface area (Å²) in [4.78, 5) is 28.0. The summed E-state index contributed by atoms with van der Waals surface area (Å²) in [5.41, 5.74) is 1.89.